The molecule has 1 atom stereocenters. The predicted molar refractivity (Wildman–Crippen MR) is 84.9 cm³/mol. The maximum atomic E-state index is 12.3. The van der Waals surface area contributed by atoms with Crippen LogP contribution in [0.4, 0.5) is 0 Å². The van der Waals surface area contributed by atoms with Crippen molar-refractivity contribution in [2.75, 3.05) is 12.9 Å². The molecule has 1 N–H and O–H groups in total. The Kier molecular flexibility index (Phi) is 5.70. The number of halogens is 1. The highest BCUT2D eigenvalue weighted by Crippen LogP contribution is 2.36. The predicted octanol–water partition coefficient (Wildman–Crippen LogP) is 2.53. The molecule has 0 spiro atoms. The smallest absolute Gasteiger partial charge is 0.247 e. The molecular weight excluding hydrogens is 310 g/mol. The molecule has 1 aromatic rings. The van der Waals surface area contributed by atoms with E-state index in [0.717, 1.165) is 28.5 Å². The first-order valence-electron chi connectivity index (χ1n) is 7.13. The van der Waals surface area contributed by atoms with Gasteiger partial charge in [-0.05, 0) is 12.8 Å². The van der Waals surface area contributed by atoms with Crippen LogP contribution >= 0.6 is 23.4 Å². The first-order valence-corrected chi connectivity index (χ1v) is 8.82. The molecule has 1 aliphatic heterocycles. The number of hydrogen-bond acceptors (Lipinski definition) is 4. The molecule has 21 heavy (non-hydrogen) atoms. The quantitative estimate of drug-likeness (QED) is 0.815. The Hall–Kier alpha value is -1.01. The van der Waals surface area contributed by atoms with Gasteiger partial charge in [0.2, 0.25) is 11.8 Å². The monoisotopic (exact) mass is 329 g/mol. The Balaban J connectivity index is 2.35. The summed E-state index contributed by atoms with van der Waals surface area (Å²) in [6.07, 6.45) is 1.70. The number of carbonyl (C=O) groups is 2. The van der Waals surface area contributed by atoms with Gasteiger partial charge in [0, 0.05) is 36.4 Å². The lowest BCUT2D eigenvalue weighted by molar-refractivity contribution is -0.122. The number of thioether (sulfide) groups is 1. The molecule has 0 aliphatic carbocycles. The van der Waals surface area contributed by atoms with E-state index in [-0.39, 0.29) is 17.7 Å². The number of aromatic nitrogens is 2. The van der Waals surface area contributed by atoms with Crippen molar-refractivity contribution in [1.82, 2.24) is 15.1 Å². The Labute approximate surface area is 133 Å². The van der Waals surface area contributed by atoms with E-state index in [1.807, 2.05) is 6.92 Å². The van der Waals surface area contributed by atoms with E-state index in [1.54, 1.807) is 18.8 Å². The number of alkyl halides is 1. The lowest BCUT2D eigenvalue weighted by atomic mass is 9.98. The molecule has 116 valence electrons. The van der Waals surface area contributed by atoms with Gasteiger partial charge in [0.15, 0.2) is 0 Å². The van der Waals surface area contributed by atoms with Crippen LogP contribution in [0.5, 0.6) is 0 Å². The zero-order valence-corrected chi connectivity index (χ0v) is 13.9. The van der Waals surface area contributed by atoms with E-state index < -0.39 is 0 Å². The van der Waals surface area contributed by atoms with Gasteiger partial charge in [-0.15, -0.1) is 11.6 Å². The number of nitrogens with zero attached hydrogens (tertiary/aromatic N) is 2. The first kappa shape index (κ1) is 16.4. The number of fused-ring (bicyclic) bond motifs is 1. The van der Waals surface area contributed by atoms with E-state index in [0.29, 0.717) is 25.1 Å². The van der Waals surface area contributed by atoms with Gasteiger partial charge in [0.05, 0.1) is 17.3 Å². The standard InChI is InChI=1S/C14H20ClN3O2S/c1-3-9(14(20)16-2)13-10-7-21-8-11(10)18(17-13)12(19)5-4-6-15/h9H,3-8H2,1-2H3,(H,16,20). The van der Waals surface area contributed by atoms with Crippen LogP contribution < -0.4 is 5.32 Å². The van der Waals surface area contributed by atoms with Gasteiger partial charge in [-0.1, -0.05) is 6.92 Å². The van der Waals surface area contributed by atoms with Gasteiger partial charge < -0.3 is 5.32 Å². The number of likely N-dealkylation sites (N-methyl/N-ethyl adjacent to an activating group) is 1. The van der Waals surface area contributed by atoms with Crippen molar-refractivity contribution in [2.24, 2.45) is 0 Å². The van der Waals surface area contributed by atoms with Crippen molar-refractivity contribution in [1.29, 1.82) is 0 Å². The molecule has 1 aromatic heterocycles. The fraction of sp³-hybridized carbons (Fsp3) is 0.643. The number of carbonyl (C=O) groups excluding carboxylic acids is 2. The summed E-state index contributed by atoms with van der Waals surface area (Å²) in [5.41, 5.74) is 2.78. The van der Waals surface area contributed by atoms with Crippen molar-refractivity contribution >= 4 is 35.2 Å². The zero-order chi connectivity index (χ0) is 15.4. The summed E-state index contributed by atoms with van der Waals surface area (Å²) in [6.45, 7) is 1.96. The summed E-state index contributed by atoms with van der Waals surface area (Å²) in [5.74, 6) is 1.69. The molecule has 0 radical (unpaired) electrons. The second-order valence-electron chi connectivity index (χ2n) is 4.98. The summed E-state index contributed by atoms with van der Waals surface area (Å²) in [4.78, 5) is 24.3. The number of amides is 1. The maximum absolute atomic E-state index is 12.3. The number of nitrogens with one attached hydrogen (secondary N) is 1. The minimum atomic E-state index is -0.287. The summed E-state index contributed by atoms with van der Waals surface area (Å²) in [7, 11) is 1.63. The third-order valence-corrected chi connectivity index (χ3v) is 4.91. The minimum Gasteiger partial charge on any atom is -0.359 e. The summed E-state index contributed by atoms with van der Waals surface area (Å²) in [5, 5.41) is 7.16. The van der Waals surface area contributed by atoms with Crippen molar-refractivity contribution in [3.05, 3.63) is 17.0 Å². The Morgan fingerprint density at radius 3 is 2.86 bits per heavy atom. The molecular formula is C14H20ClN3O2S. The molecule has 1 unspecified atom stereocenters. The second kappa shape index (κ2) is 7.31. The van der Waals surface area contributed by atoms with E-state index in [2.05, 4.69) is 10.4 Å². The Morgan fingerprint density at radius 2 is 2.24 bits per heavy atom. The average Bonchev–Trinajstić information content (AvgIpc) is 3.08. The van der Waals surface area contributed by atoms with Crippen molar-refractivity contribution in [3.63, 3.8) is 0 Å². The summed E-state index contributed by atoms with van der Waals surface area (Å²) < 4.78 is 1.50. The van der Waals surface area contributed by atoms with Crippen LogP contribution in [0.3, 0.4) is 0 Å². The van der Waals surface area contributed by atoms with Crippen molar-refractivity contribution in [2.45, 2.75) is 43.6 Å². The fourth-order valence-electron chi connectivity index (χ4n) is 2.55. The molecule has 1 aliphatic rings. The molecule has 0 saturated heterocycles. The van der Waals surface area contributed by atoms with E-state index in [9.17, 15) is 9.59 Å². The largest absolute Gasteiger partial charge is 0.359 e. The summed E-state index contributed by atoms with van der Waals surface area (Å²) in [6, 6.07) is 0. The molecule has 7 heteroatoms. The van der Waals surface area contributed by atoms with Crippen LogP contribution in [0.15, 0.2) is 0 Å². The molecule has 0 fully saturated rings. The first-order chi connectivity index (χ1) is 10.1. The van der Waals surface area contributed by atoms with Crippen LogP contribution in [0, 0.1) is 0 Å². The Morgan fingerprint density at radius 1 is 1.48 bits per heavy atom. The molecule has 0 aromatic carbocycles. The normalized spacial score (nSPS) is 14.8. The van der Waals surface area contributed by atoms with Crippen molar-refractivity contribution < 1.29 is 9.59 Å². The third-order valence-electron chi connectivity index (χ3n) is 3.67. The highest BCUT2D eigenvalue weighted by molar-refractivity contribution is 7.98. The Bertz CT molecular complexity index is 545. The highest BCUT2D eigenvalue weighted by Gasteiger charge is 2.31. The molecule has 2 heterocycles. The van der Waals surface area contributed by atoms with Gasteiger partial charge in [-0.3, -0.25) is 9.59 Å². The topological polar surface area (TPSA) is 64.0 Å². The van der Waals surface area contributed by atoms with Crippen LogP contribution in [0.25, 0.3) is 0 Å². The molecule has 2 rings (SSSR count). The van der Waals surface area contributed by atoms with Gasteiger partial charge >= 0.3 is 0 Å². The maximum Gasteiger partial charge on any atom is 0.247 e. The zero-order valence-electron chi connectivity index (χ0n) is 12.3. The summed E-state index contributed by atoms with van der Waals surface area (Å²) >= 11 is 7.41. The SMILES string of the molecule is CCC(C(=O)NC)c1nn(C(=O)CCCCl)c2c1CSC2. The van der Waals surface area contributed by atoms with E-state index in [1.165, 1.54) is 4.68 Å². The highest BCUT2D eigenvalue weighted by atomic mass is 35.5. The fourth-order valence-corrected chi connectivity index (χ4v) is 3.79. The van der Waals surface area contributed by atoms with Gasteiger partial charge in [-0.2, -0.15) is 16.9 Å². The van der Waals surface area contributed by atoms with Crippen LogP contribution in [0.1, 0.15) is 53.8 Å². The molecule has 0 bridgehead atoms. The van der Waals surface area contributed by atoms with Crippen LogP contribution in [0.2, 0.25) is 0 Å². The lowest BCUT2D eigenvalue weighted by Crippen LogP contribution is -2.26. The van der Waals surface area contributed by atoms with Crippen molar-refractivity contribution in [3.8, 4) is 0 Å². The second-order valence-corrected chi connectivity index (χ2v) is 6.34. The average molecular weight is 330 g/mol. The van der Waals surface area contributed by atoms with E-state index >= 15 is 0 Å². The number of hydrogen-bond donors (Lipinski definition) is 1. The lowest BCUT2D eigenvalue weighted by Gasteiger charge is -2.11. The van der Waals surface area contributed by atoms with Crippen LogP contribution in [-0.2, 0) is 16.3 Å². The minimum absolute atomic E-state index is 0.0348. The molecule has 1 amide bonds. The van der Waals surface area contributed by atoms with Gasteiger partial charge in [-0.25, -0.2) is 4.68 Å². The van der Waals surface area contributed by atoms with Gasteiger partial charge in [0.1, 0.15) is 0 Å². The number of rotatable bonds is 6. The van der Waals surface area contributed by atoms with E-state index in [4.69, 9.17) is 11.6 Å². The molecule has 0 saturated carbocycles. The van der Waals surface area contributed by atoms with Crippen LogP contribution in [-0.4, -0.2) is 34.5 Å². The van der Waals surface area contributed by atoms with Gasteiger partial charge in [0.25, 0.3) is 0 Å². The third kappa shape index (κ3) is 3.26. The molecule has 5 nitrogen and oxygen atoms in total.